The zero-order chi connectivity index (χ0) is 13.7. The first-order valence-electron chi connectivity index (χ1n) is 7.67. The van der Waals surface area contributed by atoms with E-state index < -0.39 is 0 Å². The SMILES string of the molecule is CCNC(Cc1cccc(Cl)c1)C1CCCC(C)C1. The van der Waals surface area contributed by atoms with Crippen LogP contribution in [0.1, 0.15) is 45.1 Å². The van der Waals surface area contributed by atoms with Crippen molar-refractivity contribution in [3.63, 3.8) is 0 Å². The summed E-state index contributed by atoms with van der Waals surface area (Å²) in [5.41, 5.74) is 1.36. The van der Waals surface area contributed by atoms with Crippen molar-refractivity contribution in [3.05, 3.63) is 34.9 Å². The van der Waals surface area contributed by atoms with E-state index in [9.17, 15) is 0 Å². The molecule has 0 aromatic heterocycles. The van der Waals surface area contributed by atoms with Crippen LogP contribution in [0, 0.1) is 11.8 Å². The lowest BCUT2D eigenvalue weighted by atomic mass is 9.77. The van der Waals surface area contributed by atoms with E-state index in [2.05, 4.69) is 37.4 Å². The third-order valence-corrected chi connectivity index (χ3v) is 4.59. The van der Waals surface area contributed by atoms with E-state index in [1.165, 1.54) is 31.2 Å². The molecule has 3 atom stereocenters. The van der Waals surface area contributed by atoms with Crippen LogP contribution in [0.15, 0.2) is 24.3 Å². The van der Waals surface area contributed by atoms with Crippen LogP contribution in [-0.4, -0.2) is 12.6 Å². The van der Waals surface area contributed by atoms with Crippen LogP contribution in [0.25, 0.3) is 0 Å². The normalized spacial score (nSPS) is 25.2. The van der Waals surface area contributed by atoms with Crippen LogP contribution in [0.2, 0.25) is 5.02 Å². The van der Waals surface area contributed by atoms with E-state index in [0.717, 1.165) is 29.8 Å². The van der Waals surface area contributed by atoms with Crippen molar-refractivity contribution in [2.24, 2.45) is 11.8 Å². The van der Waals surface area contributed by atoms with Crippen molar-refractivity contribution < 1.29 is 0 Å². The van der Waals surface area contributed by atoms with Gasteiger partial charge in [0.15, 0.2) is 0 Å². The Labute approximate surface area is 122 Å². The maximum Gasteiger partial charge on any atom is 0.0408 e. The van der Waals surface area contributed by atoms with Crippen molar-refractivity contribution in [2.75, 3.05) is 6.54 Å². The second-order valence-corrected chi connectivity index (χ2v) is 6.47. The number of hydrogen-bond donors (Lipinski definition) is 1. The Kier molecular flexibility index (Phi) is 5.72. The topological polar surface area (TPSA) is 12.0 Å². The van der Waals surface area contributed by atoms with Gasteiger partial charge in [-0.15, -0.1) is 0 Å². The lowest BCUT2D eigenvalue weighted by molar-refractivity contribution is 0.222. The van der Waals surface area contributed by atoms with Crippen molar-refractivity contribution in [1.29, 1.82) is 0 Å². The lowest BCUT2D eigenvalue weighted by Gasteiger charge is -2.34. The first-order chi connectivity index (χ1) is 9.19. The zero-order valence-electron chi connectivity index (χ0n) is 12.2. The summed E-state index contributed by atoms with van der Waals surface area (Å²) in [4.78, 5) is 0. The van der Waals surface area contributed by atoms with Gasteiger partial charge in [0.1, 0.15) is 0 Å². The highest BCUT2D eigenvalue weighted by molar-refractivity contribution is 6.30. The Hall–Kier alpha value is -0.530. The Bertz CT molecular complexity index is 391. The molecule has 106 valence electrons. The Morgan fingerprint density at radius 2 is 2.21 bits per heavy atom. The minimum atomic E-state index is 0.603. The molecule has 0 radical (unpaired) electrons. The van der Waals surface area contributed by atoms with E-state index in [0.29, 0.717) is 6.04 Å². The standard InChI is InChI=1S/C17H26ClN/c1-3-19-17(15-8-4-6-13(2)10-15)12-14-7-5-9-16(18)11-14/h5,7,9,11,13,15,17,19H,3-4,6,8,10,12H2,1-2H3. The average Bonchev–Trinajstić information content (AvgIpc) is 2.38. The molecule has 1 aliphatic rings. The number of likely N-dealkylation sites (N-methyl/N-ethyl adjacent to an activating group) is 1. The second kappa shape index (κ2) is 7.31. The lowest BCUT2D eigenvalue weighted by Crippen LogP contribution is -2.40. The molecule has 1 N–H and O–H groups in total. The van der Waals surface area contributed by atoms with E-state index in [-0.39, 0.29) is 0 Å². The summed E-state index contributed by atoms with van der Waals surface area (Å²) in [6.45, 7) is 5.65. The van der Waals surface area contributed by atoms with Crippen molar-refractivity contribution in [1.82, 2.24) is 5.32 Å². The van der Waals surface area contributed by atoms with Gasteiger partial charge in [-0.2, -0.15) is 0 Å². The second-order valence-electron chi connectivity index (χ2n) is 6.03. The summed E-state index contributed by atoms with van der Waals surface area (Å²) in [5.74, 6) is 1.71. The van der Waals surface area contributed by atoms with Crippen LogP contribution < -0.4 is 5.32 Å². The molecular weight excluding hydrogens is 254 g/mol. The molecule has 2 heteroatoms. The van der Waals surface area contributed by atoms with Gasteiger partial charge in [0.25, 0.3) is 0 Å². The number of nitrogens with one attached hydrogen (secondary N) is 1. The van der Waals surface area contributed by atoms with Crippen molar-refractivity contribution >= 4 is 11.6 Å². The third-order valence-electron chi connectivity index (χ3n) is 4.36. The van der Waals surface area contributed by atoms with Gasteiger partial charge < -0.3 is 5.32 Å². The fraction of sp³-hybridized carbons (Fsp3) is 0.647. The quantitative estimate of drug-likeness (QED) is 0.825. The average molecular weight is 280 g/mol. The number of rotatable bonds is 5. The van der Waals surface area contributed by atoms with Gasteiger partial charge in [0, 0.05) is 11.1 Å². The van der Waals surface area contributed by atoms with Gasteiger partial charge in [0.2, 0.25) is 0 Å². The van der Waals surface area contributed by atoms with Crippen LogP contribution in [0.4, 0.5) is 0 Å². The first kappa shape index (κ1) is 14.9. The molecule has 3 unspecified atom stereocenters. The highest BCUT2D eigenvalue weighted by Gasteiger charge is 2.26. The van der Waals surface area contributed by atoms with Gasteiger partial charge in [-0.25, -0.2) is 0 Å². The monoisotopic (exact) mass is 279 g/mol. The van der Waals surface area contributed by atoms with Crippen LogP contribution in [0.3, 0.4) is 0 Å². The van der Waals surface area contributed by atoms with Crippen molar-refractivity contribution in [2.45, 2.75) is 52.0 Å². The van der Waals surface area contributed by atoms with Crippen LogP contribution >= 0.6 is 11.6 Å². The summed E-state index contributed by atoms with van der Waals surface area (Å²) < 4.78 is 0. The fourth-order valence-electron chi connectivity index (χ4n) is 3.43. The molecule has 2 rings (SSSR count). The summed E-state index contributed by atoms with van der Waals surface area (Å²) in [7, 11) is 0. The van der Waals surface area contributed by atoms with E-state index >= 15 is 0 Å². The van der Waals surface area contributed by atoms with Gasteiger partial charge in [0.05, 0.1) is 0 Å². The molecule has 0 spiro atoms. The molecule has 19 heavy (non-hydrogen) atoms. The Morgan fingerprint density at radius 3 is 2.89 bits per heavy atom. The first-order valence-corrected chi connectivity index (χ1v) is 8.04. The fourth-order valence-corrected chi connectivity index (χ4v) is 3.64. The molecule has 0 heterocycles. The summed E-state index contributed by atoms with van der Waals surface area (Å²) >= 11 is 6.09. The highest BCUT2D eigenvalue weighted by Crippen LogP contribution is 2.32. The maximum absolute atomic E-state index is 6.09. The smallest absolute Gasteiger partial charge is 0.0408 e. The molecule has 0 bridgehead atoms. The number of halogens is 1. The summed E-state index contributed by atoms with van der Waals surface area (Å²) in [5, 5.41) is 4.55. The van der Waals surface area contributed by atoms with Gasteiger partial charge in [-0.3, -0.25) is 0 Å². The van der Waals surface area contributed by atoms with Crippen LogP contribution in [-0.2, 0) is 6.42 Å². The molecule has 1 saturated carbocycles. The molecule has 1 nitrogen and oxygen atoms in total. The molecule has 1 aliphatic carbocycles. The molecule has 0 aliphatic heterocycles. The van der Waals surface area contributed by atoms with Crippen LogP contribution in [0.5, 0.6) is 0 Å². The largest absolute Gasteiger partial charge is 0.314 e. The molecule has 0 saturated heterocycles. The highest BCUT2D eigenvalue weighted by atomic mass is 35.5. The minimum absolute atomic E-state index is 0.603. The number of hydrogen-bond acceptors (Lipinski definition) is 1. The van der Waals surface area contributed by atoms with E-state index in [1.807, 2.05) is 6.07 Å². The maximum atomic E-state index is 6.09. The summed E-state index contributed by atoms with van der Waals surface area (Å²) in [6, 6.07) is 8.92. The molecular formula is C17H26ClN. The number of benzene rings is 1. The van der Waals surface area contributed by atoms with E-state index in [1.54, 1.807) is 0 Å². The van der Waals surface area contributed by atoms with Gasteiger partial charge >= 0.3 is 0 Å². The summed E-state index contributed by atoms with van der Waals surface area (Å²) in [6.07, 6.45) is 6.66. The predicted molar refractivity (Wildman–Crippen MR) is 83.7 cm³/mol. The molecule has 1 fully saturated rings. The third kappa shape index (κ3) is 4.50. The Morgan fingerprint density at radius 1 is 1.37 bits per heavy atom. The molecule has 0 amide bonds. The van der Waals surface area contributed by atoms with E-state index in [4.69, 9.17) is 11.6 Å². The minimum Gasteiger partial charge on any atom is -0.314 e. The zero-order valence-corrected chi connectivity index (χ0v) is 12.9. The van der Waals surface area contributed by atoms with Gasteiger partial charge in [-0.05, 0) is 55.3 Å². The molecule has 1 aromatic rings. The molecule has 1 aromatic carbocycles. The Balaban J connectivity index is 2.02. The van der Waals surface area contributed by atoms with Gasteiger partial charge in [-0.1, -0.05) is 50.4 Å². The van der Waals surface area contributed by atoms with Crippen molar-refractivity contribution in [3.8, 4) is 0 Å². The predicted octanol–water partition coefficient (Wildman–Crippen LogP) is 4.69.